The third-order valence-electron chi connectivity index (χ3n) is 8.83. The molecule has 6 rings (SSSR count). The van der Waals surface area contributed by atoms with Crippen molar-refractivity contribution in [2.45, 2.75) is 71.0 Å². The number of hydrogen-bond donors (Lipinski definition) is 0. The van der Waals surface area contributed by atoms with Gasteiger partial charge in [-0.05, 0) is 109 Å². The van der Waals surface area contributed by atoms with Crippen LogP contribution in [-0.2, 0) is 7.05 Å². The van der Waals surface area contributed by atoms with Gasteiger partial charge in [-0.3, -0.25) is 0 Å². The summed E-state index contributed by atoms with van der Waals surface area (Å²) >= 11 is 0. The van der Waals surface area contributed by atoms with E-state index in [9.17, 15) is 1.37 Å². The molecule has 1 nitrogen and oxygen atoms in total. The molecule has 178 valence electrons. The molecule has 2 aliphatic carbocycles. The van der Waals surface area contributed by atoms with Gasteiger partial charge in [0.1, 0.15) is 7.05 Å². The quantitative estimate of drug-likeness (QED) is 0.267. The van der Waals surface area contributed by atoms with Crippen LogP contribution in [0.25, 0.3) is 33.2 Å². The zero-order valence-corrected chi connectivity index (χ0v) is 21.0. The highest BCUT2D eigenvalue weighted by molar-refractivity contribution is 5.88. The van der Waals surface area contributed by atoms with Crippen LogP contribution in [0.4, 0.5) is 0 Å². The number of benzene rings is 3. The Kier molecular flexibility index (Phi) is 4.69. The Bertz CT molecular complexity index is 1540. The Labute approximate surface area is 216 Å². The number of aromatic nitrogens is 1. The van der Waals surface area contributed by atoms with E-state index in [1.54, 1.807) is 6.20 Å². The average Bonchev–Trinajstić information content (AvgIpc) is 3.38. The molecule has 0 amide bonds. The summed E-state index contributed by atoms with van der Waals surface area (Å²) < 4.78 is 36.0. The normalized spacial score (nSPS) is 20.9. The maximum Gasteiger partial charge on any atom is 0.213 e. The number of fused-ring (bicyclic) bond motifs is 1. The highest BCUT2D eigenvalue weighted by Crippen LogP contribution is 2.52. The minimum atomic E-state index is -2.23. The van der Waals surface area contributed by atoms with Gasteiger partial charge in [0.05, 0.1) is 0 Å². The smallest absolute Gasteiger partial charge is 0.201 e. The molecule has 2 aliphatic rings. The third kappa shape index (κ3) is 4.20. The van der Waals surface area contributed by atoms with Crippen molar-refractivity contribution in [1.29, 1.82) is 0 Å². The Hall–Kier alpha value is -2.93. The summed E-state index contributed by atoms with van der Waals surface area (Å²) in [5.41, 5.74) is 6.86. The van der Waals surface area contributed by atoms with Gasteiger partial charge in [-0.1, -0.05) is 61.4 Å². The maximum atomic E-state index is 9.34. The minimum absolute atomic E-state index is 0.353. The van der Waals surface area contributed by atoms with Crippen molar-refractivity contribution in [3.63, 3.8) is 0 Å². The lowest BCUT2D eigenvalue weighted by atomic mass is 9.68. The van der Waals surface area contributed by atoms with Gasteiger partial charge in [0.2, 0.25) is 5.69 Å². The van der Waals surface area contributed by atoms with Gasteiger partial charge in [-0.15, -0.1) is 0 Å². The van der Waals surface area contributed by atoms with E-state index >= 15 is 0 Å². The molecular weight excluding hydrogens is 422 g/mol. The van der Waals surface area contributed by atoms with E-state index in [-0.39, 0.29) is 0 Å². The lowest BCUT2D eigenvalue weighted by molar-refractivity contribution is -0.660. The van der Waals surface area contributed by atoms with Gasteiger partial charge >= 0.3 is 0 Å². The lowest BCUT2D eigenvalue weighted by Gasteiger charge is -2.37. The summed E-state index contributed by atoms with van der Waals surface area (Å²) in [6.45, 7) is -0.148. The number of hydrogen-bond acceptors (Lipinski definition) is 0. The van der Waals surface area contributed by atoms with Gasteiger partial charge in [-0.25, -0.2) is 4.57 Å². The van der Waals surface area contributed by atoms with Gasteiger partial charge in [0, 0.05) is 22.7 Å². The molecule has 1 aromatic heterocycles. The zero-order valence-electron chi connectivity index (χ0n) is 25.0. The number of nitrogens with zero attached hydrogens (tertiary/aromatic N) is 1. The molecule has 0 bridgehead atoms. The zero-order chi connectivity index (χ0) is 27.4. The molecule has 1 heteroatoms. The van der Waals surface area contributed by atoms with Crippen LogP contribution >= 0.6 is 0 Å². The topological polar surface area (TPSA) is 3.88 Å². The van der Waals surface area contributed by atoms with Crippen LogP contribution in [0.1, 0.15) is 79.4 Å². The molecule has 35 heavy (non-hydrogen) atoms. The molecule has 0 saturated heterocycles. The molecule has 4 aromatic rings. The summed E-state index contributed by atoms with van der Waals surface area (Å²) in [5, 5.41) is 2.19. The molecule has 0 atom stereocenters. The first-order valence-corrected chi connectivity index (χ1v) is 13.2. The second-order valence-electron chi connectivity index (χ2n) is 11.0. The van der Waals surface area contributed by atoms with Crippen molar-refractivity contribution in [3.05, 3.63) is 89.6 Å². The van der Waals surface area contributed by atoms with Crippen molar-refractivity contribution in [2.75, 3.05) is 0 Å². The summed E-state index contributed by atoms with van der Waals surface area (Å²) in [6.07, 6.45) is 11.4. The Balaban J connectivity index is 1.38. The SMILES string of the molecule is [2H]C([2H])([2H])c1c[n+](C)c(-c2ccccc2C)cc1-c1ccc2cc(C3([2H])CCC4(CCCC4)CC3)ccc2c1. The van der Waals surface area contributed by atoms with Crippen LogP contribution in [0.3, 0.4) is 0 Å². The van der Waals surface area contributed by atoms with E-state index < -0.39 is 12.7 Å². The van der Waals surface area contributed by atoms with Crippen LogP contribution < -0.4 is 4.57 Å². The van der Waals surface area contributed by atoms with Crippen LogP contribution in [0.2, 0.25) is 0 Å². The first-order valence-electron chi connectivity index (χ1n) is 15.2. The van der Waals surface area contributed by atoms with Gasteiger partial charge in [0.25, 0.3) is 0 Å². The molecular formula is C34H38N+. The molecule has 0 radical (unpaired) electrons. The minimum Gasteiger partial charge on any atom is -0.201 e. The predicted octanol–water partition coefficient (Wildman–Crippen LogP) is 8.83. The monoisotopic (exact) mass is 464 g/mol. The second-order valence-corrected chi connectivity index (χ2v) is 11.0. The largest absolute Gasteiger partial charge is 0.213 e. The highest BCUT2D eigenvalue weighted by atomic mass is 14.9. The molecule has 0 unspecified atom stereocenters. The lowest BCUT2D eigenvalue weighted by Crippen LogP contribution is -2.31. The fourth-order valence-corrected chi connectivity index (χ4v) is 6.64. The van der Waals surface area contributed by atoms with Crippen LogP contribution in [0, 0.1) is 19.2 Å². The van der Waals surface area contributed by atoms with Crippen molar-refractivity contribution < 1.29 is 10.1 Å². The van der Waals surface area contributed by atoms with Gasteiger partial charge in [0.15, 0.2) is 6.20 Å². The predicted molar refractivity (Wildman–Crippen MR) is 148 cm³/mol. The molecule has 3 aromatic carbocycles. The first kappa shape index (κ1) is 18.4. The van der Waals surface area contributed by atoms with Crippen molar-refractivity contribution >= 4 is 10.8 Å². The Morgan fingerprint density at radius 1 is 0.829 bits per heavy atom. The molecule has 0 N–H and O–H groups in total. The fraction of sp³-hybridized carbons (Fsp3) is 0.382. The Morgan fingerprint density at radius 3 is 2.34 bits per heavy atom. The summed E-state index contributed by atoms with van der Waals surface area (Å²) in [5.74, 6) is -0.508. The summed E-state index contributed by atoms with van der Waals surface area (Å²) in [7, 11) is 1.92. The van der Waals surface area contributed by atoms with Crippen molar-refractivity contribution in [1.82, 2.24) is 0 Å². The molecule has 2 saturated carbocycles. The first-order chi connectivity index (χ1) is 18.6. The van der Waals surface area contributed by atoms with Gasteiger partial charge in [-0.2, -0.15) is 0 Å². The van der Waals surface area contributed by atoms with E-state index in [2.05, 4.69) is 49.4 Å². The summed E-state index contributed by atoms with van der Waals surface area (Å²) in [6, 6.07) is 23.0. The standard InChI is InChI=1S/C34H38N/c1-24-8-4-5-9-31(24)33-22-32(25(2)23-35(33)3)30-13-12-28-20-27(10-11-29(28)21-30)26-14-18-34(19-15-26)16-6-7-17-34/h4-5,8-13,20-23,26H,6-7,14-19H2,1-3H3/q+1/i2D3,26D. The van der Waals surface area contributed by atoms with E-state index in [0.717, 1.165) is 57.1 Å². The van der Waals surface area contributed by atoms with E-state index in [0.29, 0.717) is 11.0 Å². The number of pyridine rings is 1. The van der Waals surface area contributed by atoms with Crippen molar-refractivity contribution in [3.8, 4) is 22.4 Å². The molecule has 1 heterocycles. The summed E-state index contributed by atoms with van der Waals surface area (Å²) in [4.78, 5) is 0. The van der Waals surface area contributed by atoms with Crippen molar-refractivity contribution in [2.24, 2.45) is 12.5 Å². The maximum absolute atomic E-state index is 9.34. The van der Waals surface area contributed by atoms with Crippen LogP contribution in [0.5, 0.6) is 0 Å². The molecule has 0 aliphatic heterocycles. The fourth-order valence-electron chi connectivity index (χ4n) is 6.64. The van der Waals surface area contributed by atoms with E-state index in [1.165, 1.54) is 38.5 Å². The van der Waals surface area contributed by atoms with Crippen LogP contribution in [0.15, 0.2) is 72.9 Å². The third-order valence-corrected chi connectivity index (χ3v) is 8.83. The Morgan fingerprint density at radius 2 is 1.57 bits per heavy atom. The average molecular weight is 465 g/mol. The highest BCUT2D eigenvalue weighted by Gasteiger charge is 2.37. The van der Waals surface area contributed by atoms with Crippen LogP contribution in [-0.4, -0.2) is 0 Å². The van der Waals surface area contributed by atoms with E-state index in [1.807, 2.05) is 35.9 Å². The molecule has 2 fully saturated rings. The van der Waals surface area contributed by atoms with Gasteiger partial charge < -0.3 is 0 Å². The molecule has 1 spiro atoms. The second kappa shape index (κ2) is 8.94. The number of rotatable bonds is 3. The van der Waals surface area contributed by atoms with E-state index in [4.69, 9.17) is 4.11 Å². The number of aryl methyl sites for hydroxylation is 3.